The predicted molar refractivity (Wildman–Crippen MR) is 83.4 cm³/mol. The minimum atomic E-state index is -0.167. The van der Waals surface area contributed by atoms with E-state index in [4.69, 9.17) is 11.6 Å². The molecule has 0 fully saturated rings. The number of rotatable bonds is 4. The molecule has 0 saturated heterocycles. The first-order valence-corrected chi connectivity index (χ1v) is 6.83. The van der Waals surface area contributed by atoms with Crippen LogP contribution in [-0.2, 0) is 11.3 Å². The Labute approximate surface area is 128 Å². The van der Waals surface area contributed by atoms with Crippen molar-refractivity contribution in [2.75, 3.05) is 5.32 Å². The van der Waals surface area contributed by atoms with Crippen LogP contribution in [0, 0.1) is 0 Å². The molecular formula is C16H15ClN2O2. The lowest BCUT2D eigenvalue weighted by Gasteiger charge is -2.07. The highest BCUT2D eigenvalue weighted by Gasteiger charge is 2.05. The van der Waals surface area contributed by atoms with Crippen molar-refractivity contribution < 1.29 is 9.59 Å². The van der Waals surface area contributed by atoms with Crippen LogP contribution in [0.5, 0.6) is 0 Å². The van der Waals surface area contributed by atoms with E-state index in [2.05, 4.69) is 10.6 Å². The quantitative estimate of drug-likeness (QED) is 0.911. The van der Waals surface area contributed by atoms with Gasteiger partial charge in [-0.2, -0.15) is 0 Å². The molecule has 0 heterocycles. The molecule has 0 saturated carbocycles. The van der Waals surface area contributed by atoms with Crippen molar-refractivity contribution in [1.29, 1.82) is 0 Å². The highest BCUT2D eigenvalue weighted by atomic mass is 35.5. The Morgan fingerprint density at radius 1 is 1.00 bits per heavy atom. The fourth-order valence-corrected chi connectivity index (χ4v) is 1.92. The average molecular weight is 303 g/mol. The fraction of sp³-hybridized carbons (Fsp3) is 0.125. The van der Waals surface area contributed by atoms with Gasteiger partial charge in [0.05, 0.1) is 0 Å². The summed E-state index contributed by atoms with van der Waals surface area (Å²) >= 11 is 5.80. The Balaban J connectivity index is 1.93. The second-order valence-corrected chi connectivity index (χ2v) is 5.00. The molecule has 21 heavy (non-hydrogen) atoms. The van der Waals surface area contributed by atoms with Crippen LogP contribution in [0.25, 0.3) is 0 Å². The molecule has 2 amide bonds. The molecule has 2 N–H and O–H groups in total. The van der Waals surface area contributed by atoms with E-state index in [0.29, 0.717) is 22.8 Å². The van der Waals surface area contributed by atoms with E-state index in [9.17, 15) is 9.59 Å². The van der Waals surface area contributed by atoms with Gasteiger partial charge < -0.3 is 10.6 Å². The number of hydrogen-bond donors (Lipinski definition) is 2. The first kappa shape index (κ1) is 15.1. The molecular weight excluding hydrogens is 288 g/mol. The normalized spacial score (nSPS) is 10.0. The van der Waals surface area contributed by atoms with E-state index < -0.39 is 0 Å². The first-order valence-electron chi connectivity index (χ1n) is 6.45. The van der Waals surface area contributed by atoms with Crippen molar-refractivity contribution in [3.63, 3.8) is 0 Å². The van der Waals surface area contributed by atoms with E-state index in [-0.39, 0.29) is 11.8 Å². The molecule has 0 spiro atoms. The van der Waals surface area contributed by atoms with Crippen LogP contribution in [0.3, 0.4) is 0 Å². The van der Waals surface area contributed by atoms with Crippen LogP contribution in [0.4, 0.5) is 5.69 Å². The summed E-state index contributed by atoms with van der Waals surface area (Å²) in [6.45, 7) is 1.87. The number of halogens is 1. The minimum absolute atomic E-state index is 0.144. The van der Waals surface area contributed by atoms with E-state index in [1.807, 2.05) is 12.1 Å². The highest BCUT2D eigenvalue weighted by molar-refractivity contribution is 6.30. The van der Waals surface area contributed by atoms with Crippen molar-refractivity contribution in [2.24, 2.45) is 0 Å². The van der Waals surface area contributed by atoms with Crippen molar-refractivity contribution in [1.82, 2.24) is 5.32 Å². The Morgan fingerprint density at radius 2 is 1.62 bits per heavy atom. The third kappa shape index (κ3) is 4.61. The lowest BCUT2D eigenvalue weighted by Crippen LogP contribution is -2.22. The summed E-state index contributed by atoms with van der Waals surface area (Å²) < 4.78 is 0. The van der Waals surface area contributed by atoms with Gasteiger partial charge in [0.1, 0.15) is 0 Å². The van der Waals surface area contributed by atoms with E-state index >= 15 is 0 Å². The second kappa shape index (κ2) is 6.90. The third-order valence-corrected chi connectivity index (χ3v) is 3.09. The SMILES string of the molecule is CC(=O)Nc1ccc(C(=O)NCc2ccc(Cl)cc2)cc1. The zero-order valence-electron chi connectivity index (χ0n) is 11.5. The van der Waals surface area contributed by atoms with Gasteiger partial charge >= 0.3 is 0 Å². The van der Waals surface area contributed by atoms with Gasteiger partial charge in [-0.15, -0.1) is 0 Å². The maximum absolute atomic E-state index is 12.0. The zero-order valence-corrected chi connectivity index (χ0v) is 12.3. The molecule has 0 aromatic heterocycles. The summed E-state index contributed by atoms with van der Waals surface area (Å²) in [7, 11) is 0. The van der Waals surface area contributed by atoms with Crippen LogP contribution in [0.2, 0.25) is 5.02 Å². The average Bonchev–Trinajstić information content (AvgIpc) is 2.46. The zero-order chi connectivity index (χ0) is 15.2. The van der Waals surface area contributed by atoms with Crippen molar-refractivity contribution in [3.05, 3.63) is 64.7 Å². The van der Waals surface area contributed by atoms with E-state index in [1.165, 1.54) is 6.92 Å². The van der Waals surface area contributed by atoms with Crippen LogP contribution in [0.1, 0.15) is 22.8 Å². The minimum Gasteiger partial charge on any atom is -0.348 e. The van der Waals surface area contributed by atoms with Gasteiger partial charge in [-0.05, 0) is 42.0 Å². The summed E-state index contributed by atoms with van der Waals surface area (Å²) in [5.74, 6) is -0.311. The summed E-state index contributed by atoms with van der Waals surface area (Å²) in [5, 5.41) is 6.14. The van der Waals surface area contributed by atoms with Gasteiger partial charge in [0.25, 0.3) is 5.91 Å². The van der Waals surface area contributed by atoms with Gasteiger partial charge in [-0.3, -0.25) is 9.59 Å². The Hall–Kier alpha value is -2.33. The molecule has 2 aromatic carbocycles. The highest BCUT2D eigenvalue weighted by Crippen LogP contribution is 2.11. The van der Waals surface area contributed by atoms with Gasteiger partial charge in [0.2, 0.25) is 5.91 Å². The molecule has 0 aliphatic rings. The number of amides is 2. The Kier molecular flexibility index (Phi) is 4.95. The molecule has 2 aromatic rings. The molecule has 0 bridgehead atoms. The summed E-state index contributed by atoms with van der Waals surface area (Å²) in [6, 6.07) is 14.0. The Morgan fingerprint density at radius 3 is 2.19 bits per heavy atom. The molecule has 0 aliphatic heterocycles. The molecule has 2 rings (SSSR count). The van der Waals surface area contributed by atoms with Crippen LogP contribution in [-0.4, -0.2) is 11.8 Å². The van der Waals surface area contributed by atoms with Gasteiger partial charge in [0, 0.05) is 29.7 Å². The summed E-state index contributed by atoms with van der Waals surface area (Å²) in [4.78, 5) is 22.9. The topological polar surface area (TPSA) is 58.2 Å². The smallest absolute Gasteiger partial charge is 0.251 e. The number of anilines is 1. The van der Waals surface area contributed by atoms with E-state index in [0.717, 1.165) is 5.56 Å². The number of benzene rings is 2. The second-order valence-electron chi connectivity index (χ2n) is 4.57. The van der Waals surface area contributed by atoms with Crippen molar-refractivity contribution in [3.8, 4) is 0 Å². The largest absolute Gasteiger partial charge is 0.348 e. The number of nitrogens with one attached hydrogen (secondary N) is 2. The van der Waals surface area contributed by atoms with Gasteiger partial charge in [-0.25, -0.2) is 0 Å². The molecule has 0 radical (unpaired) electrons. The Bertz CT molecular complexity index is 636. The number of carbonyl (C=O) groups excluding carboxylic acids is 2. The molecule has 0 unspecified atom stereocenters. The molecule has 0 atom stereocenters. The van der Waals surface area contributed by atoms with Gasteiger partial charge in [0.15, 0.2) is 0 Å². The van der Waals surface area contributed by atoms with Crippen molar-refractivity contribution >= 4 is 29.1 Å². The number of carbonyl (C=O) groups is 2. The molecule has 5 heteroatoms. The maximum atomic E-state index is 12.0. The number of hydrogen-bond acceptors (Lipinski definition) is 2. The standard InChI is InChI=1S/C16H15ClN2O2/c1-11(20)19-15-8-4-13(5-9-15)16(21)18-10-12-2-6-14(17)7-3-12/h2-9H,10H2,1H3,(H,18,21)(H,19,20). The summed E-state index contributed by atoms with van der Waals surface area (Å²) in [6.07, 6.45) is 0. The monoisotopic (exact) mass is 302 g/mol. The molecule has 0 aliphatic carbocycles. The van der Waals surface area contributed by atoms with Crippen LogP contribution >= 0.6 is 11.6 Å². The lowest BCUT2D eigenvalue weighted by molar-refractivity contribution is -0.114. The molecule has 108 valence electrons. The molecule has 4 nitrogen and oxygen atoms in total. The van der Waals surface area contributed by atoms with E-state index in [1.54, 1.807) is 36.4 Å². The maximum Gasteiger partial charge on any atom is 0.251 e. The first-order chi connectivity index (χ1) is 10.0. The van der Waals surface area contributed by atoms with Gasteiger partial charge in [-0.1, -0.05) is 23.7 Å². The third-order valence-electron chi connectivity index (χ3n) is 2.83. The van der Waals surface area contributed by atoms with Crippen molar-refractivity contribution in [2.45, 2.75) is 13.5 Å². The van der Waals surface area contributed by atoms with Crippen LogP contribution in [0.15, 0.2) is 48.5 Å². The lowest BCUT2D eigenvalue weighted by atomic mass is 10.1. The fourth-order valence-electron chi connectivity index (χ4n) is 1.79. The predicted octanol–water partition coefficient (Wildman–Crippen LogP) is 3.23. The summed E-state index contributed by atoms with van der Waals surface area (Å²) in [5.41, 5.74) is 2.18. The van der Waals surface area contributed by atoms with Crippen LogP contribution < -0.4 is 10.6 Å².